The molecule has 0 saturated heterocycles. The molecule has 1 saturated carbocycles. The molecule has 1 heterocycles. The van der Waals surface area contributed by atoms with Crippen molar-refractivity contribution >= 4 is 34.0 Å². The van der Waals surface area contributed by atoms with Gasteiger partial charge in [-0.3, -0.25) is 4.79 Å². The lowest BCUT2D eigenvalue weighted by Gasteiger charge is -2.30. The van der Waals surface area contributed by atoms with Crippen LogP contribution in [0.1, 0.15) is 31.2 Å². The van der Waals surface area contributed by atoms with E-state index in [1.165, 1.54) is 5.56 Å². The summed E-state index contributed by atoms with van der Waals surface area (Å²) < 4.78 is 6.17. The van der Waals surface area contributed by atoms with Crippen LogP contribution in [0.3, 0.4) is 0 Å². The Balaban J connectivity index is 1.34. The minimum atomic E-state index is -0.141. The molecule has 3 aromatic rings. The van der Waals surface area contributed by atoms with E-state index >= 15 is 0 Å². The fourth-order valence-corrected chi connectivity index (χ4v) is 4.17. The zero-order chi connectivity index (χ0) is 19.5. The molecule has 0 amide bonds. The topological polar surface area (TPSA) is 54.1 Å². The monoisotopic (exact) mass is 416 g/mol. The number of aromatic amines is 1. The number of aromatic nitrogens is 1. The molecule has 2 N–H and O–H groups in total. The van der Waals surface area contributed by atoms with Gasteiger partial charge in [-0.25, -0.2) is 0 Å². The minimum absolute atomic E-state index is 0.140. The molecular weight excluding hydrogens is 395 g/mol. The number of fused-ring (bicyclic) bond motifs is 1. The Hall–Kier alpha value is -2.01. The van der Waals surface area contributed by atoms with Crippen LogP contribution in [-0.4, -0.2) is 17.1 Å². The van der Waals surface area contributed by atoms with Crippen molar-refractivity contribution in [1.29, 1.82) is 0 Å². The fraction of sp³-hybridized carbons (Fsp3) is 0.318. The first-order valence-corrected chi connectivity index (χ1v) is 10.3. The van der Waals surface area contributed by atoms with E-state index in [4.69, 9.17) is 27.9 Å². The molecule has 0 unspecified atom stereocenters. The maximum absolute atomic E-state index is 11.9. The summed E-state index contributed by atoms with van der Waals surface area (Å²) in [5.74, 6) is 0.648. The number of pyridine rings is 1. The Bertz CT molecular complexity index is 1030. The van der Waals surface area contributed by atoms with Crippen molar-refractivity contribution < 1.29 is 4.74 Å². The van der Waals surface area contributed by atoms with Gasteiger partial charge in [-0.05, 0) is 67.0 Å². The van der Waals surface area contributed by atoms with Gasteiger partial charge < -0.3 is 15.0 Å². The zero-order valence-corrected chi connectivity index (χ0v) is 16.9. The Morgan fingerprint density at radius 1 is 1.07 bits per heavy atom. The molecule has 1 aliphatic rings. The summed E-state index contributed by atoms with van der Waals surface area (Å²) >= 11 is 12.4. The van der Waals surface area contributed by atoms with E-state index < -0.39 is 0 Å². The summed E-state index contributed by atoms with van der Waals surface area (Å²) in [4.78, 5) is 14.5. The average Bonchev–Trinajstić information content (AvgIpc) is 2.69. The molecule has 4 rings (SSSR count). The van der Waals surface area contributed by atoms with E-state index in [9.17, 15) is 4.79 Å². The van der Waals surface area contributed by atoms with Gasteiger partial charge in [-0.15, -0.1) is 0 Å². The predicted molar refractivity (Wildman–Crippen MR) is 115 cm³/mol. The number of H-pyrrole nitrogens is 1. The first-order valence-electron chi connectivity index (χ1n) is 9.54. The van der Waals surface area contributed by atoms with Gasteiger partial charge in [0.25, 0.3) is 5.56 Å². The molecule has 146 valence electrons. The first kappa shape index (κ1) is 19.3. The van der Waals surface area contributed by atoms with Crippen LogP contribution in [0.15, 0.2) is 53.5 Å². The van der Waals surface area contributed by atoms with Gasteiger partial charge in [0.15, 0.2) is 0 Å². The van der Waals surface area contributed by atoms with Gasteiger partial charge in [0.05, 0.1) is 11.1 Å². The number of benzene rings is 2. The number of hydrogen-bond donors (Lipinski definition) is 2. The van der Waals surface area contributed by atoms with Crippen LogP contribution in [0, 0.1) is 0 Å². The molecule has 2 aromatic carbocycles. The molecule has 0 bridgehead atoms. The van der Waals surface area contributed by atoms with Crippen LogP contribution in [-0.2, 0) is 6.54 Å². The highest BCUT2D eigenvalue weighted by Gasteiger charge is 2.23. The van der Waals surface area contributed by atoms with E-state index in [0.29, 0.717) is 22.2 Å². The lowest BCUT2D eigenvalue weighted by atomic mass is 9.92. The highest BCUT2D eigenvalue weighted by Crippen LogP contribution is 2.32. The van der Waals surface area contributed by atoms with Crippen molar-refractivity contribution in [3.8, 4) is 5.75 Å². The smallest absolute Gasteiger partial charge is 0.255 e. The summed E-state index contributed by atoms with van der Waals surface area (Å²) in [5.41, 5.74) is 1.06. The highest BCUT2D eigenvalue weighted by atomic mass is 35.5. The van der Waals surface area contributed by atoms with Crippen LogP contribution >= 0.6 is 23.2 Å². The molecular formula is C22H22Cl2N2O2. The Kier molecular flexibility index (Phi) is 5.90. The molecule has 0 aliphatic heterocycles. The summed E-state index contributed by atoms with van der Waals surface area (Å²) in [5, 5.41) is 6.27. The maximum atomic E-state index is 11.9. The molecule has 0 atom stereocenters. The number of hydrogen-bond acceptors (Lipinski definition) is 3. The summed E-state index contributed by atoms with van der Waals surface area (Å²) in [6.45, 7) is 0.821. The Morgan fingerprint density at radius 2 is 1.89 bits per heavy atom. The van der Waals surface area contributed by atoms with Gasteiger partial charge in [0.1, 0.15) is 5.75 Å². The SMILES string of the molecule is O=c1[nH]ccc2cc(O[C@H]3CC[C@H](NCc4cccc(Cl)c4)CC3)c(Cl)cc12. The largest absolute Gasteiger partial charge is 0.489 e. The molecule has 1 fully saturated rings. The molecule has 4 nitrogen and oxygen atoms in total. The molecule has 0 spiro atoms. The van der Waals surface area contributed by atoms with E-state index in [1.54, 1.807) is 12.3 Å². The molecule has 1 aromatic heterocycles. The van der Waals surface area contributed by atoms with Crippen LogP contribution in [0.25, 0.3) is 10.8 Å². The van der Waals surface area contributed by atoms with Crippen LogP contribution in [0.4, 0.5) is 0 Å². The van der Waals surface area contributed by atoms with Gasteiger partial charge in [-0.2, -0.15) is 0 Å². The molecule has 28 heavy (non-hydrogen) atoms. The van der Waals surface area contributed by atoms with Crippen molar-refractivity contribution in [2.75, 3.05) is 0 Å². The second-order valence-corrected chi connectivity index (χ2v) is 8.12. The van der Waals surface area contributed by atoms with Crippen molar-refractivity contribution in [3.63, 3.8) is 0 Å². The second-order valence-electron chi connectivity index (χ2n) is 7.28. The van der Waals surface area contributed by atoms with E-state index in [2.05, 4.69) is 16.4 Å². The lowest BCUT2D eigenvalue weighted by Crippen LogP contribution is -2.36. The number of nitrogens with one attached hydrogen (secondary N) is 2. The Morgan fingerprint density at radius 3 is 2.68 bits per heavy atom. The number of halogens is 2. The van der Waals surface area contributed by atoms with E-state index in [-0.39, 0.29) is 11.7 Å². The highest BCUT2D eigenvalue weighted by molar-refractivity contribution is 6.32. The third-order valence-electron chi connectivity index (χ3n) is 5.28. The second kappa shape index (κ2) is 8.56. The predicted octanol–water partition coefficient (Wildman–Crippen LogP) is 5.31. The average molecular weight is 417 g/mol. The normalized spacial score (nSPS) is 19.6. The zero-order valence-electron chi connectivity index (χ0n) is 15.4. The summed E-state index contributed by atoms with van der Waals surface area (Å²) in [7, 11) is 0. The third kappa shape index (κ3) is 4.52. The van der Waals surface area contributed by atoms with Gasteiger partial charge in [0, 0.05) is 29.2 Å². The van der Waals surface area contributed by atoms with Crippen molar-refractivity contribution in [2.24, 2.45) is 0 Å². The van der Waals surface area contributed by atoms with Crippen LogP contribution in [0.2, 0.25) is 10.0 Å². The molecule has 0 radical (unpaired) electrons. The fourth-order valence-electron chi connectivity index (χ4n) is 3.75. The van der Waals surface area contributed by atoms with E-state index in [1.807, 2.05) is 30.3 Å². The third-order valence-corrected chi connectivity index (χ3v) is 5.81. The van der Waals surface area contributed by atoms with Gasteiger partial charge in [-0.1, -0.05) is 35.3 Å². The van der Waals surface area contributed by atoms with Crippen LogP contribution in [0.5, 0.6) is 5.75 Å². The number of ether oxygens (including phenoxy) is 1. The van der Waals surface area contributed by atoms with Gasteiger partial charge >= 0.3 is 0 Å². The first-order chi connectivity index (χ1) is 13.6. The van der Waals surface area contributed by atoms with Crippen molar-refractivity contribution in [1.82, 2.24) is 10.3 Å². The minimum Gasteiger partial charge on any atom is -0.489 e. The van der Waals surface area contributed by atoms with Crippen LogP contribution < -0.4 is 15.6 Å². The maximum Gasteiger partial charge on any atom is 0.255 e. The summed E-state index contributed by atoms with van der Waals surface area (Å²) in [6.07, 6.45) is 5.82. The quantitative estimate of drug-likeness (QED) is 0.591. The molecule has 1 aliphatic carbocycles. The standard InChI is InChI=1S/C22H22Cl2N2O2/c23-16-3-1-2-14(10-16)13-26-17-4-6-18(7-5-17)28-21-11-15-8-9-25-22(27)19(15)12-20(21)24/h1-3,8-12,17-18,26H,4-7,13H2,(H,25,27)/t17-,18-. The number of rotatable bonds is 5. The Labute approximate surface area is 173 Å². The van der Waals surface area contributed by atoms with Gasteiger partial charge in [0.2, 0.25) is 0 Å². The molecule has 6 heteroatoms. The van der Waals surface area contributed by atoms with Crippen molar-refractivity contribution in [3.05, 3.63) is 74.6 Å². The lowest BCUT2D eigenvalue weighted by molar-refractivity contribution is 0.139. The summed E-state index contributed by atoms with van der Waals surface area (Å²) in [6, 6.07) is 13.8. The van der Waals surface area contributed by atoms with E-state index in [0.717, 1.165) is 42.6 Å². The van der Waals surface area contributed by atoms with Crippen molar-refractivity contribution in [2.45, 2.75) is 44.4 Å².